The lowest BCUT2D eigenvalue weighted by Gasteiger charge is -2.03. The number of carboxylic acids is 1. The maximum absolute atomic E-state index is 10.6. The summed E-state index contributed by atoms with van der Waals surface area (Å²) in [5, 5.41) is 8.72. The van der Waals surface area contributed by atoms with Gasteiger partial charge in [-0.05, 0) is 18.9 Å². The Labute approximate surface area is 97.2 Å². The third-order valence-electron chi connectivity index (χ3n) is 2.12. The molecule has 0 aliphatic heterocycles. The van der Waals surface area contributed by atoms with Crippen LogP contribution < -0.4 is 0 Å². The van der Waals surface area contributed by atoms with Gasteiger partial charge in [-0.1, -0.05) is 20.3 Å². The molecule has 1 N–H and O–H groups in total. The Bertz CT molecular complexity index is 211. The molecular formula is C12H22O4. The Hall–Kier alpha value is -0.870. The van der Waals surface area contributed by atoms with Gasteiger partial charge in [-0.25, -0.2) is 4.79 Å². The van der Waals surface area contributed by atoms with Gasteiger partial charge in [-0.3, -0.25) is 0 Å². The van der Waals surface area contributed by atoms with Gasteiger partial charge >= 0.3 is 5.97 Å². The molecule has 94 valence electrons. The van der Waals surface area contributed by atoms with Crippen LogP contribution in [0.2, 0.25) is 0 Å². The minimum Gasteiger partial charge on any atom is -0.478 e. The molecule has 4 heteroatoms. The molecule has 0 heterocycles. The molecule has 0 amide bonds. The molecule has 0 fully saturated rings. The fourth-order valence-corrected chi connectivity index (χ4v) is 1.09. The van der Waals surface area contributed by atoms with Crippen LogP contribution in [-0.2, 0) is 14.3 Å². The van der Waals surface area contributed by atoms with E-state index in [0.29, 0.717) is 31.8 Å². The van der Waals surface area contributed by atoms with E-state index in [-0.39, 0.29) is 0 Å². The lowest BCUT2D eigenvalue weighted by molar-refractivity contribution is -0.132. The van der Waals surface area contributed by atoms with Crippen LogP contribution in [0.5, 0.6) is 0 Å². The second kappa shape index (κ2) is 10.6. The van der Waals surface area contributed by atoms with Crippen LogP contribution in [0, 0.1) is 0 Å². The third-order valence-corrected chi connectivity index (χ3v) is 2.12. The van der Waals surface area contributed by atoms with Gasteiger partial charge in [-0.15, -0.1) is 0 Å². The zero-order chi connectivity index (χ0) is 12.2. The molecule has 0 aromatic heterocycles. The van der Waals surface area contributed by atoms with Gasteiger partial charge < -0.3 is 14.6 Å². The molecule has 16 heavy (non-hydrogen) atoms. The monoisotopic (exact) mass is 230 g/mol. The van der Waals surface area contributed by atoms with E-state index in [1.165, 1.54) is 0 Å². The van der Waals surface area contributed by atoms with E-state index in [2.05, 4.69) is 6.92 Å². The minimum atomic E-state index is -0.870. The maximum Gasteiger partial charge on any atom is 0.331 e. The number of rotatable bonds is 10. The summed E-state index contributed by atoms with van der Waals surface area (Å²) < 4.78 is 10.5. The van der Waals surface area contributed by atoms with Crippen LogP contribution in [0.25, 0.3) is 0 Å². The fraction of sp³-hybridized carbons (Fsp3) is 0.750. The summed E-state index contributed by atoms with van der Waals surface area (Å²) in [7, 11) is 0. The summed E-state index contributed by atoms with van der Waals surface area (Å²) in [4.78, 5) is 10.6. The van der Waals surface area contributed by atoms with Crippen molar-refractivity contribution in [1.82, 2.24) is 0 Å². The molecule has 0 atom stereocenters. The molecule has 0 saturated carbocycles. The van der Waals surface area contributed by atoms with Crippen molar-refractivity contribution >= 4 is 5.97 Å². The quantitative estimate of drug-likeness (QED) is 0.462. The highest BCUT2D eigenvalue weighted by molar-refractivity contribution is 5.86. The predicted octanol–water partition coefficient (Wildman–Crippen LogP) is 2.24. The number of carbonyl (C=O) groups is 1. The maximum atomic E-state index is 10.6. The number of hydrogen-bond acceptors (Lipinski definition) is 3. The molecular weight excluding hydrogens is 208 g/mol. The van der Waals surface area contributed by atoms with E-state index in [0.717, 1.165) is 19.4 Å². The average Bonchev–Trinajstić information content (AvgIpc) is 2.26. The normalized spacial score (nSPS) is 11.8. The van der Waals surface area contributed by atoms with E-state index in [9.17, 15) is 4.79 Å². The molecule has 0 aromatic rings. The van der Waals surface area contributed by atoms with E-state index in [4.69, 9.17) is 14.6 Å². The van der Waals surface area contributed by atoms with Crippen LogP contribution in [-0.4, -0.2) is 37.5 Å². The number of hydrogen-bond donors (Lipinski definition) is 1. The average molecular weight is 230 g/mol. The smallest absolute Gasteiger partial charge is 0.331 e. The standard InChI is InChI=1S/C12H22O4/c1-3-5-7-15-9-10-16-8-6-11(4-2)12(13)14/h6H,3-5,7-10H2,1-2H3,(H,13,14). The first-order chi connectivity index (χ1) is 7.72. The summed E-state index contributed by atoms with van der Waals surface area (Å²) in [6.45, 7) is 6.12. The fourth-order valence-electron chi connectivity index (χ4n) is 1.09. The summed E-state index contributed by atoms with van der Waals surface area (Å²) >= 11 is 0. The van der Waals surface area contributed by atoms with Crippen LogP contribution in [0.15, 0.2) is 11.6 Å². The largest absolute Gasteiger partial charge is 0.478 e. The minimum absolute atomic E-state index is 0.340. The van der Waals surface area contributed by atoms with Crippen molar-refractivity contribution in [2.75, 3.05) is 26.4 Å². The summed E-state index contributed by atoms with van der Waals surface area (Å²) in [5.41, 5.74) is 0.395. The van der Waals surface area contributed by atoms with Gasteiger partial charge in [-0.2, -0.15) is 0 Å². The number of ether oxygens (including phenoxy) is 2. The van der Waals surface area contributed by atoms with Crippen molar-refractivity contribution < 1.29 is 19.4 Å². The van der Waals surface area contributed by atoms with Crippen LogP contribution in [0.1, 0.15) is 33.1 Å². The number of carboxylic acid groups (broad SMARTS) is 1. The molecule has 0 aliphatic rings. The SMILES string of the molecule is CCCCOCCOCC=C(CC)C(=O)O. The summed E-state index contributed by atoms with van der Waals surface area (Å²) in [6, 6.07) is 0. The Morgan fingerprint density at radius 3 is 2.44 bits per heavy atom. The number of aliphatic carboxylic acids is 1. The lowest BCUT2D eigenvalue weighted by atomic mass is 10.2. The third kappa shape index (κ3) is 8.44. The molecule has 0 bridgehead atoms. The molecule has 0 aromatic carbocycles. The van der Waals surface area contributed by atoms with Gasteiger partial charge in [0, 0.05) is 12.2 Å². The first kappa shape index (κ1) is 15.1. The number of unbranched alkanes of at least 4 members (excludes halogenated alkanes) is 1. The second-order valence-electron chi connectivity index (χ2n) is 3.43. The van der Waals surface area contributed by atoms with Crippen LogP contribution >= 0.6 is 0 Å². The molecule has 0 unspecified atom stereocenters. The molecule has 0 radical (unpaired) electrons. The molecule has 0 rings (SSSR count). The first-order valence-electron chi connectivity index (χ1n) is 5.80. The predicted molar refractivity (Wildman–Crippen MR) is 62.6 cm³/mol. The van der Waals surface area contributed by atoms with Crippen molar-refractivity contribution in [1.29, 1.82) is 0 Å². The zero-order valence-corrected chi connectivity index (χ0v) is 10.2. The highest BCUT2D eigenvalue weighted by Gasteiger charge is 2.02. The van der Waals surface area contributed by atoms with E-state index < -0.39 is 5.97 Å². The highest BCUT2D eigenvalue weighted by Crippen LogP contribution is 1.99. The zero-order valence-electron chi connectivity index (χ0n) is 10.2. The molecule has 0 saturated heterocycles. The van der Waals surface area contributed by atoms with Crippen molar-refractivity contribution in [3.63, 3.8) is 0 Å². The van der Waals surface area contributed by atoms with Crippen molar-refractivity contribution in [3.05, 3.63) is 11.6 Å². The van der Waals surface area contributed by atoms with Crippen molar-refractivity contribution in [2.45, 2.75) is 33.1 Å². The summed E-state index contributed by atoms with van der Waals surface area (Å²) in [6.07, 6.45) is 4.32. The Morgan fingerprint density at radius 1 is 1.19 bits per heavy atom. The molecule has 0 aliphatic carbocycles. The lowest BCUT2D eigenvalue weighted by Crippen LogP contribution is -2.06. The Morgan fingerprint density at radius 2 is 1.88 bits per heavy atom. The summed E-state index contributed by atoms with van der Waals surface area (Å²) in [5.74, 6) is -0.870. The van der Waals surface area contributed by atoms with E-state index >= 15 is 0 Å². The van der Waals surface area contributed by atoms with Gasteiger partial charge in [0.05, 0.1) is 19.8 Å². The van der Waals surface area contributed by atoms with Gasteiger partial charge in [0.1, 0.15) is 0 Å². The first-order valence-corrected chi connectivity index (χ1v) is 5.80. The van der Waals surface area contributed by atoms with E-state index in [1.54, 1.807) is 6.08 Å². The van der Waals surface area contributed by atoms with Crippen LogP contribution in [0.3, 0.4) is 0 Å². The van der Waals surface area contributed by atoms with Gasteiger partial charge in [0.15, 0.2) is 0 Å². The topological polar surface area (TPSA) is 55.8 Å². The van der Waals surface area contributed by atoms with E-state index in [1.807, 2.05) is 6.92 Å². The highest BCUT2D eigenvalue weighted by atomic mass is 16.5. The van der Waals surface area contributed by atoms with Gasteiger partial charge in [0.25, 0.3) is 0 Å². The van der Waals surface area contributed by atoms with Crippen LogP contribution in [0.4, 0.5) is 0 Å². The Balaban J connectivity index is 3.41. The van der Waals surface area contributed by atoms with Crippen molar-refractivity contribution in [3.8, 4) is 0 Å². The molecule has 0 spiro atoms. The second-order valence-corrected chi connectivity index (χ2v) is 3.43. The van der Waals surface area contributed by atoms with Crippen molar-refractivity contribution in [2.24, 2.45) is 0 Å². The molecule has 4 nitrogen and oxygen atoms in total. The van der Waals surface area contributed by atoms with Gasteiger partial charge in [0.2, 0.25) is 0 Å². The Kier molecular flexibility index (Phi) is 10.1.